The molecule has 1 fully saturated rings. The second kappa shape index (κ2) is 11.6. The lowest BCUT2D eigenvalue weighted by Crippen LogP contribution is -2.27. The van der Waals surface area contributed by atoms with Crippen molar-refractivity contribution in [2.24, 2.45) is 18.7 Å². The van der Waals surface area contributed by atoms with Gasteiger partial charge in [0.1, 0.15) is 6.61 Å². The molecule has 1 amide bonds. The Morgan fingerprint density at radius 2 is 1.71 bits per heavy atom. The van der Waals surface area contributed by atoms with Crippen molar-refractivity contribution in [3.8, 4) is 17.1 Å². The van der Waals surface area contributed by atoms with E-state index in [0.717, 1.165) is 59.0 Å². The van der Waals surface area contributed by atoms with Crippen LogP contribution in [0.25, 0.3) is 22.2 Å². The first kappa shape index (κ1) is 26.5. The molecule has 1 aliphatic carbocycles. The summed E-state index contributed by atoms with van der Waals surface area (Å²) in [6, 6.07) is 20.6. The lowest BCUT2D eigenvalue weighted by atomic mass is 9.79. The fraction of sp³-hybridized carbons (Fsp3) is 0.296. The molecule has 0 bridgehead atoms. The van der Waals surface area contributed by atoms with Gasteiger partial charge in [-0.1, -0.05) is 48.5 Å². The SMILES string of the molecule is Cl.Cl.Cn1cc(C2CCC(C(N)=O)CC2)c(OCc2ccc(-c3ccc4ccccc4n3)cc2)n1. The standard InChI is InChI=1S/C27H28N4O2.2ClH/c1-31-16-23(19-10-12-22(13-11-19)26(28)32)27(30-31)33-17-18-6-8-21(9-7-18)25-15-14-20-4-2-3-5-24(20)29-25;;/h2-9,14-16,19,22H,10-13,17H2,1H3,(H2,28,32);2*1H. The predicted octanol–water partition coefficient (Wildman–Crippen LogP) is 5.82. The summed E-state index contributed by atoms with van der Waals surface area (Å²) in [7, 11) is 1.91. The quantitative estimate of drug-likeness (QED) is 0.352. The zero-order valence-electron chi connectivity index (χ0n) is 19.6. The molecule has 4 aromatic rings. The van der Waals surface area contributed by atoms with E-state index in [9.17, 15) is 4.79 Å². The number of hydrogen-bond donors (Lipinski definition) is 1. The minimum absolute atomic E-state index is 0. The van der Waals surface area contributed by atoms with E-state index in [1.54, 1.807) is 4.68 Å². The molecule has 35 heavy (non-hydrogen) atoms. The van der Waals surface area contributed by atoms with Gasteiger partial charge in [0.25, 0.3) is 0 Å². The number of halogens is 2. The van der Waals surface area contributed by atoms with Crippen LogP contribution in [0.2, 0.25) is 0 Å². The number of nitrogens with two attached hydrogens (primary N) is 1. The summed E-state index contributed by atoms with van der Waals surface area (Å²) in [6.45, 7) is 0.450. The molecule has 2 heterocycles. The lowest BCUT2D eigenvalue weighted by Gasteiger charge is -2.26. The molecule has 8 heteroatoms. The number of fused-ring (bicyclic) bond motifs is 1. The van der Waals surface area contributed by atoms with Crippen molar-refractivity contribution >= 4 is 41.6 Å². The summed E-state index contributed by atoms with van der Waals surface area (Å²) in [5, 5.41) is 5.68. The zero-order valence-corrected chi connectivity index (χ0v) is 21.2. The lowest BCUT2D eigenvalue weighted by molar-refractivity contribution is -0.122. The number of carbonyl (C=O) groups excluding carboxylic acids is 1. The van der Waals surface area contributed by atoms with E-state index < -0.39 is 0 Å². The molecule has 2 N–H and O–H groups in total. The highest BCUT2D eigenvalue weighted by molar-refractivity contribution is 5.85. The van der Waals surface area contributed by atoms with Crippen LogP contribution in [0, 0.1) is 5.92 Å². The number of aryl methyl sites for hydroxylation is 1. The molecule has 0 atom stereocenters. The number of primary amides is 1. The van der Waals surface area contributed by atoms with E-state index in [0.29, 0.717) is 18.4 Å². The van der Waals surface area contributed by atoms with Crippen molar-refractivity contribution in [1.29, 1.82) is 0 Å². The molecule has 184 valence electrons. The van der Waals surface area contributed by atoms with E-state index in [1.165, 1.54) is 0 Å². The van der Waals surface area contributed by atoms with Gasteiger partial charge in [-0.2, -0.15) is 0 Å². The minimum Gasteiger partial charge on any atom is -0.472 e. The van der Waals surface area contributed by atoms with E-state index >= 15 is 0 Å². The highest BCUT2D eigenvalue weighted by Crippen LogP contribution is 2.39. The summed E-state index contributed by atoms with van der Waals surface area (Å²) in [5.74, 6) is 0.849. The Labute approximate surface area is 217 Å². The summed E-state index contributed by atoms with van der Waals surface area (Å²) in [6.07, 6.45) is 5.57. The second-order valence-electron chi connectivity index (χ2n) is 8.89. The number of amides is 1. The first-order chi connectivity index (χ1) is 16.1. The van der Waals surface area contributed by atoms with Crippen molar-refractivity contribution in [3.05, 3.63) is 78.0 Å². The highest BCUT2D eigenvalue weighted by atomic mass is 35.5. The number of rotatable bonds is 6. The van der Waals surface area contributed by atoms with Gasteiger partial charge in [-0.05, 0) is 49.3 Å². The number of pyridine rings is 1. The Morgan fingerprint density at radius 3 is 2.43 bits per heavy atom. The van der Waals surface area contributed by atoms with Gasteiger partial charge in [0.2, 0.25) is 11.8 Å². The monoisotopic (exact) mass is 512 g/mol. The van der Waals surface area contributed by atoms with Crippen molar-refractivity contribution in [3.63, 3.8) is 0 Å². The fourth-order valence-corrected chi connectivity index (χ4v) is 4.72. The Balaban J connectivity index is 0.00000171. The van der Waals surface area contributed by atoms with Gasteiger partial charge in [-0.25, -0.2) is 4.98 Å². The van der Waals surface area contributed by atoms with Crippen LogP contribution in [0.3, 0.4) is 0 Å². The number of carbonyl (C=O) groups is 1. The maximum Gasteiger partial charge on any atom is 0.236 e. The van der Waals surface area contributed by atoms with Crippen LogP contribution < -0.4 is 10.5 Å². The maximum atomic E-state index is 11.5. The van der Waals surface area contributed by atoms with E-state index in [2.05, 4.69) is 47.6 Å². The molecule has 5 rings (SSSR count). The second-order valence-corrected chi connectivity index (χ2v) is 8.89. The third kappa shape index (κ3) is 5.95. The molecular weight excluding hydrogens is 483 g/mol. The first-order valence-corrected chi connectivity index (χ1v) is 11.5. The molecule has 2 aromatic carbocycles. The Kier molecular flexibility index (Phi) is 8.76. The highest BCUT2D eigenvalue weighted by Gasteiger charge is 2.28. The van der Waals surface area contributed by atoms with Gasteiger partial charge in [0.15, 0.2) is 0 Å². The number of para-hydroxylation sites is 1. The van der Waals surface area contributed by atoms with Crippen LogP contribution in [0.5, 0.6) is 5.88 Å². The Hall–Kier alpha value is -3.09. The number of nitrogens with zero attached hydrogens (tertiary/aromatic N) is 3. The van der Waals surface area contributed by atoms with Gasteiger partial charge in [-0.15, -0.1) is 29.9 Å². The average molecular weight is 513 g/mol. The fourth-order valence-electron chi connectivity index (χ4n) is 4.72. The van der Waals surface area contributed by atoms with Crippen molar-refractivity contribution in [2.75, 3.05) is 0 Å². The van der Waals surface area contributed by atoms with Crippen LogP contribution in [-0.4, -0.2) is 20.7 Å². The zero-order chi connectivity index (χ0) is 22.8. The molecule has 0 radical (unpaired) electrons. The minimum atomic E-state index is -0.182. The van der Waals surface area contributed by atoms with Crippen LogP contribution >= 0.6 is 24.8 Å². The van der Waals surface area contributed by atoms with Crippen LogP contribution in [0.1, 0.15) is 42.7 Å². The molecule has 2 aromatic heterocycles. The summed E-state index contributed by atoms with van der Waals surface area (Å²) < 4.78 is 7.94. The molecule has 1 saturated carbocycles. The Morgan fingerprint density at radius 1 is 1.00 bits per heavy atom. The molecule has 0 spiro atoms. The largest absolute Gasteiger partial charge is 0.472 e. The smallest absolute Gasteiger partial charge is 0.236 e. The van der Waals surface area contributed by atoms with E-state index in [4.69, 9.17) is 15.5 Å². The molecule has 0 unspecified atom stereocenters. The third-order valence-corrected chi connectivity index (χ3v) is 6.61. The predicted molar refractivity (Wildman–Crippen MR) is 143 cm³/mol. The van der Waals surface area contributed by atoms with Crippen molar-refractivity contribution in [2.45, 2.75) is 38.2 Å². The molecule has 1 aliphatic rings. The number of benzene rings is 2. The van der Waals surface area contributed by atoms with E-state index in [1.807, 2.05) is 31.4 Å². The molecule has 0 aliphatic heterocycles. The van der Waals surface area contributed by atoms with Gasteiger partial charge in [0.05, 0.1) is 11.2 Å². The number of ether oxygens (including phenoxy) is 1. The summed E-state index contributed by atoms with van der Waals surface area (Å²) in [5.41, 5.74) is 10.7. The topological polar surface area (TPSA) is 83.0 Å². The van der Waals surface area contributed by atoms with E-state index in [-0.39, 0.29) is 36.6 Å². The van der Waals surface area contributed by atoms with Gasteiger partial charge >= 0.3 is 0 Å². The van der Waals surface area contributed by atoms with Gasteiger partial charge < -0.3 is 10.5 Å². The number of aromatic nitrogens is 3. The molecule has 6 nitrogen and oxygen atoms in total. The van der Waals surface area contributed by atoms with Gasteiger partial charge in [0, 0.05) is 35.7 Å². The molecular formula is C27H30Cl2N4O2. The van der Waals surface area contributed by atoms with Crippen molar-refractivity contribution < 1.29 is 9.53 Å². The van der Waals surface area contributed by atoms with Gasteiger partial charge in [-0.3, -0.25) is 9.48 Å². The normalized spacial score (nSPS) is 17.3. The third-order valence-electron chi connectivity index (χ3n) is 6.61. The Bertz CT molecular complexity index is 1280. The summed E-state index contributed by atoms with van der Waals surface area (Å²) >= 11 is 0. The van der Waals surface area contributed by atoms with Crippen LogP contribution in [0.4, 0.5) is 0 Å². The van der Waals surface area contributed by atoms with Crippen LogP contribution in [-0.2, 0) is 18.4 Å². The number of hydrogen-bond acceptors (Lipinski definition) is 4. The average Bonchev–Trinajstić information content (AvgIpc) is 3.23. The maximum absolute atomic E-state index is 11.5. The summed E-state index contributed by atoms with van der Waals surface area (Å²) in [4.78, 5) is 16.3. The molecule has 0 saturated heterocycles. The van der Waals surface area contributed by atoms with Crippen LogP contribution in [0.15, 0.2) is 66.9 Å². The first-order valence-electron chi connectivity index (χ1n) is 11.5. The van der Waals surface area contributed by atoms with Crippen molar-refractivity contribution in [1.82, 2.24) is 14.8 Å².